The highest BCUT2D eigenvalue weighted by Gasteiger charge is 2.46. The molecule has 1 saturated heterocycles. The molecule has 1 atom stereocenters. The van der Waals surface area contributed by atoms with E-state index in [-0.39, 0.29) is 5.54 Å². The molecule has 2 rings (SSSR count). The minimum atomic E-state index is -0.635. The highest BCUT2D eigenvalue weighted by Crippen LogP contribution is 2.40. The summed E-state index contributed by atoms with van der Waals surface area (Å²) in [6, 6.07) is 2.51. The highest BCUT2D eigenvalue weighted by molar-refractivity contribution is 7.85. The molecule has 0 bridgehead atoms. The van der Waals surface area contributed by atoms with Gasteiger partial charge in [0.25, 0.3) is 0 Å². The number of rotatable bonds is 5. The van der Waals surface area contributed by atoms with E-state index < -0.39 is 10.8 Å². The van der Waals surface area contributed by atoms with Gasteiger partial charge < -0.3 is 0 Å². The van der Waals surface area contributed by atoms with Crippen LogP contribution in [0.2, 0.25) is 0 Å². The topological polar surface area (TPSA) is 56.1 Å². The van der Waals surface area contributed by atoms with Crippen molar-refractivity contribution in [1.29, 1.82) is 5.26 Å². The fraction of sp³-hybridized carbons (Fsp3) is 0.917. The summed E-state index contributed by atoms with van der Waals surface area (Å²) in [6.07, 6.45) is 2.33. The first-order valence-electron chi connectivity index (χ1n) is 6.44. The summed E-state index contributed by atoms with van der Waals surface area (Å²) >= 11 is 0. The van der Waals surface area contributed by atoms with Crippen molar-refractivity contribution in [2.45, 2.75) is 25.3 Å². The van der Waals surface area contributed by atoms with E-state index in [1.54, 1.807) is 0 Å². The van der Waals surface area contributed by atoms with Crippen molar-refractivity contribution in [1.82, 2.24) is 10.2 Å². The van der Waals surface area contributed by atoms with Crippen LogP contribution in [0.5, 0.6) is 0 Å². The molecule has 2 aliphatic rings. The van der Waals surface area contributed by atoms with Crippen molar-refractivity contribution in [2.75, 3.05) is 37.7 Å². The predicted molar refractivity (Wildman–Crippen MR) is 69.1 cm³/mol. The first-order valence-corrected chi connectivity index (χ1v) is 7.92. The number of nitrogens with one attached hydrogen (secondary N) is 1. The number of nitriles is 1. The standard InChI is InChI=1S/C12H21N3OS/c1-2-14-12(9-13,11-3-4-11)10-15-5-7-17(16)8-6-15/h11,14H,2-8,10H2,1H3. The van der Waals surface area contributed by atoms with Gasteiger partial charge in [-0.2, -0.15) is 5.26 Å². The van der Waals surface area contributed by atoms with Crippen molar-refractivity contribution in [3.8, 4) is 6.07 Å². The summed E-state index contributed by atoms with van der Waals surface area (Å²) in [5.74, 6) is 2.04. The average molecular weight is 255 g/mol. The van der Waals surface area contributed by atoms with E-state index in [0.717, 1.165) is 37.7 Å². The fourth-order valence-electron chi connectivity index (χ4n) is 2.57. The van der Waals surface area contributed by atoms with Crippen LogP contribution < -0.4 is 5.32 Å². The Labute approximate surface area is 106 Å². The van der Waals surface area contributed by atoms with E-state index in [0.29, 0.717) is 5.92 Å². The van der Waals surface area contributed by atoms with Crippen molar-refractivity contribution < 1.29 is 4.21 Å². The molecule has 0 spiro atoms. The predicted octanol–water partition coefficient (Wildman–Crippen LogP) is 0.333. The smallest absolute Gasteiger partial charge is 0.122 e. The van der Waals surface area contributed by atoms with Gasteiger partial charge in [-0.1, -0.05) is 6.92 Å². The molecule has 0 radical (unpaired) electrons. The Morgan fingerprint density at radius 1 is 1.47 bits per heavy atom. The van der Waals surface area contributed by atoms with Crippen LogP contribution in [-0.4, -0.2) is 52.3 Å². The van der Waals surface area contributed by atoms with Gasteiger partial charge in [-0.15, -0.1) is 0 Å². The zero-order valence-corrected chi connectivity index (χ0v) is 11.3. The van der Waals surface area contributed by atoms with Gasteiger partial charge in [0.2, 0.25) is 0 Å². The minimum Gasteiger partial charge on any atom is -0.299 e. The van der Waals surface area contributed by atoms with Crippen molar-refractivity contribution >= 4 is 10.8 Å². The lowest BCUT2D eigenvalue weighted by Gasteiger charge is -2.35. The van der Waals surface area contributed by atoms with Crippen LogP contribution in [0, 0.1) is 17.2 Å². The maximum atomic E-state index is 11.3. The normalized spacial score (nSPS) is 26.4. The second-order valence-corrected chi connectivity index (χ2v) is 6.71. The molecule has 0 aromatic carbocycles. The monoisotopic (exact) mass is 255 g/mol. The molecule has 1 N–H and O–H groups in total. The lowest BCUT2D eigenvalue weighted by molar-refractivity contribution is 0.211. The minimum absolute atomic E-state index is 0.367. The molecule has 17 heavy (non-hydrogen) atoms. The van der Waals surface area contributed by atoms with Gasteiger partial charge in [-0.3, -0.25) is 14.4 Å². The van der Waals surface area contributed by atoms with Crippen molar-refractivity contribution in [3.05, 3.63) is 0 Å². The maximum absolute atomic E-state index is 11.3. The molecule has 0 amide bonds. The molecule has 4 nitrogen and oxygen atoms in total. The Kier molecular flexibility index (Phi) is 4.18. The van der Waals surface area contributed by atoms with Crippen LogP contribution in [0.3, 0.4) is 0 Å². The second-order valence-electron chi connectivity index (χ2n) is 5.01. The van der Waals surface area contributed by atoms with Crippen molar-refractivity contribution in [3.63, 3.8) is 0 Å². The molecule has 96 valence electrons. The van der Waals surface area contributed by atoms with E-state index in [1.807, 2.05) is 0 Å². The molecular weight excluding hydrogens is 234 g/mol. The Bertz CT molecular complexity index is 327. The summed E-state index contributed by atoms with van der Waals surface area (Å²) in [5.41, 5.74) is -0.367. The Hall–Kier alpha value is -0.440. The zero-order valence-electron chi connectivity index (χ0n) is 10.4. The Morgan fingerprint density at radius 3 is 2.59 bits per heavy atom. The van der Waals surface area contributed by atoms with E-state index in [9.17, 15) is 9.47 Å². The van der Waals surface area contributed by atoms with Crippen LogP contribution in [0.4, 0.5) is 0 Å². The van der Waals surface area contributed by atoms with E-state index in [1.165, 1.54) is 12.8 Å². The largest absolute Gasteiger partial charge is 0.299 e. The molecule has 5 heteroatoms. The Morgan fingerprint density at radius 2 is 2.12 bits per heavy atom. The lowest BCUT2D eigenvalue weighted by atomic mass is 9.94. The van der Waals surface area contributed by atoms with E-state index in [2.05, 4.69) is 23.2 Å². The van der Waals surface area contributed by atoms with Crippen LogP contribution in [0.25, 0.3) is 0 Å². The Balaban J connectivity index is 1.97. The van der Waals surface area contributed by atoms with Gasteiger partial charge in [-0.25, -0.2) is 0 Å². The summed E-state index contributed by atoms with van der Waals surface area (Å²) in [4.78, 5) is 2.30. The lowest BCUT2D eigenvalue weighted by Crippen LogP contribution is -2.56. The summed E-state index contributed by atoms with van der Waals surface area (Å²) in [6.45, 7) is 5.42. The molecular formula is C12H21N3OS. The van der Waals surface area contributed by atoms with Gasteiger partial charge in [0, 0.05) is 41.9 Å². The number of hydrogen-bond donors (Lipinski definition) is 1. The molecule has 2 fully saturated rings. The molecule has 0 aromatic rings. The van der Waals surface area contributed by atoms with Gasteiger partial charge in [0.1, 0.15) is 5.54 Å². The summed E-state index contributed by atoms with van der Waals surface area (Å²) in [7, 11) is -0.635. The molecule has 1 unspecified atom stereocenters. The van der Waals surface area contributed by atoms with Crippen LogP contribution >= 0.6 is 0 Å². The average Bonchev–Trinajstić information content (AvgIpc) is 3.16. The fourth-order valence-corrected chi connectivity index (χ4v) is 3.70. The van der Waals surface area contributed by atoms with E-state index >= 15 is 0 Å². The third-order valence-electron chi connectivity index (χ3n) is 3.71. The molecule has 0 aromatic heterocycles. The van der Waals surface area contributed by atoms with Crippen molar-refractivity contribution in [2.24, 2.45) is 5.92 Å². The first kappa shape index (κ1) is 13.0. The third-order valence-corrected chi connectivity index (χ3v) is 4.99. The summed E-state index contributed by atoms with van der Waals surface area (Å²) in [5, 5.41) is 12.9. The van der Waals surface area contributed by atoms with Gasteiger partial charge in [0.05, 0.1) is 6.07 Å². The zero-order chi connectivity index (χ0) is 12.3. The van der Waals surface area contributed by atoms with Gasteiger partial charge in [-0.05, 0) is 25.3 Å². The maximum Gasteiger partial charge on any atom is 0.122 e. The molecule has 1 saturated carbocycles. The third kappa shape index (κ3) is 3.06. The molecule has 1 aliphatic carbocycles. The molecule has 1 heterocycles. The molecule has 1 aliphatic heterocycles. The van der Waals surface area contributed by atoms with Crippen LogP contribution in [-0.2, 0) is 10.8 Å². The number of likely N-dealkylation sites (N-methyl/N-ethyl adjacent to an activating group) is 1. The number of hydrogen-bond acceptors (Lipinski definition) is 4. The number of nitrogens with zero attached hydrogens (tertiary/aromatic N) is 2. The van der Waals surface area contributed by atoms with Gasteiger partial charge in [0.15, 0.2) is 0 Å². The SMILES string of the molecule is CCNC(C#N)(CN1CCS(=O)CC1)C1CC1. The highest BCUT2D eigenvalue weighted by atomic mass is 32.2. The first-order chi connectivity index (χ1) is 8.20. The van der Waals surface area contributed by atoms with Crippen LogP contribution in [0.15, 0.2) is 0 Å². The second kappa shape index (κ2) is 5.47. The van der Waals surface area contributed by atoms with Gasteiger partial charge >= 0.3 is 0 Å². The van der Waals surface area contributed by atoms with E-state index in [4.69, 9.17) is 0 Å². The van der Waals surface area contributed by atoms with Crippen LogP contribution in [0.1, 0.15) is 19.8 Å². The quantitative estimate of drug-likeness (QED) is 0.769. The summed E-state index contributed by atoms with van der Waals surface area (Å²) < 4.78 is 11.3.